The van der Waals surface area contributed by atoms with Crippen molar-refractivity contribution >= 4 is 10.2 Å². The van der Waals surface area contributed by atoms with Crippen LogP contribution in [-0.4, -0.2) is 15.2 Å². The van der Waals surface area contributed by atoms with E-state index in [0.29, 0.717) is 11.5 Å². The van der Waals surface area contributed by atoms with Crippen LogP contribution in [0, 0.1) is 0 Å². The Morgan fingerprint density at radius 1 is 0.895 bits per heavy atom. The molecule has 6 heteroatoms. The normalized spacial score (nSPS) is 13.5. The highest BCUT2D eigenvalue weighted by atomic mass is 32.3. The maximum atomic E-state index is 12.8. The average Bonchev–Trinajstić information content (AvgIpc) is 2.85. The van der Waals surface area contributed by atoms with Gasteiger partial charge in [-0.3, -0.25) is 0 Å². The van der Waals surface area contributed by atoms with Crippen LogP contribution in [0.4, 0.5) is 3.89 Å². The van der Waals surface area contributed by atoms with Crippen molar-refractivity contribution in [3.63, 3.8) is 0 Å². The highest BCUT2D eigenvalue weighted by molar-refractivity contribution is 7.86. The van der Waals surface area contributed by atoms with E-state index in [2.05, 4.69) is 0 Å². The molecule has 0 aromatic heterocycles. The average molecular weight is 280 g/mol. The summed E-state index contributed by atoms with van der Waals surface area (Å²) < 4.78 is 44.7. The Kier molecular flexibility index (Phi) is 2.67. The molecule has 0 N–H and O–H groups in total. The van der Waals surface area contributed by atoms with E-state index in [0.717, 1.165) is 11.1 Å². The van der Waals surface area contributed by atoms with Gasteiger partial charge in [0.1, 0.15) is 0 Å². The van der Waals surface area contributed by atoms with Crippen molar-refractivity contribution in [1.29, 1.82) is 0 Å². The quantitative estimate of drug-likeness (QED) is 0.794. The lowest BCUT2D eigenvalue weighted by Crippen LogP contribution is -1.92. The highest BCUT2D eigenvalue weighted by Gasteiger charge is 2.15. The van der Waals surface area contributed by atoms with Gasteiger partial charge in [-0.25, -0.2) is 0 Å². The van der Waals surface area contributed by atoms with Gasteiger partial charge in [0.15, 0.2) is 11.5 Å². The van der Waals surface area contributed by atoms with Crippen LogP contribution in [0.2, 0.25) is 0 Å². The summed E-state index contributed by atoms with van der Waals surface area (Å²) in [7, 11) is -4.66. The number of hydrogen-bond acceptors (Lipinski definition) is 4. The van der Waals surface area contributed by atoms with Crippen LogP contribution in [0.25, 0.3) is 11.1 Å². The maximum absolute atomic E-state index is 12.8. The Morgan fingerprint density at radius 2 is 1.53 bits per heavy atom. The molecular formula is C13H9FO4S. The molecule has 0 bridgehead atoms. The third-order valence-electron chi connectivity index (χ3n) is 2.84. The second-order valence-electron chi connectivity index (χ2n) is 4.03. The van der Waals surface area contributed by atoms with Crippen LogP contribution >= 0.6 is 0 Å². The van der Waals surface area contributed by atoms with Gasteiger partial charge >= 0.3 is 10.2 Å². The second kappa shape index (κ2) is 4.24. The fourth-order valence-electron chi connectivity index (χ4n) is 1.89. The first-order valence-corrected chi connectivity index (χ1v) is 6.87. The van der Waals surface area contributed by atoms with Gasteiger partial charge in [0.05, 0.1) is 4.90 Å². The fourth-order valence-corrected chi connectivity index (χ4v) is 2.35. The van der Waals surface area contributed by atoms with Gasteiger partial charge in [0.25, 0.3) is 0 Å². The van der Waals surface area contributed by atoms with Crippen LogP contribution in [-0.2, 0) is 10.2 Å². The molecule has 0 amide bonds. The molecule has 0 unspecified atom stereocenters. The summed E-state index contributed by atoms with van der Waals surface area (Å²) in [5.41, 5.74) is 1.61. The first-order valence-electron chi connectivity index (χ1n) is 5.49. The number of ether oxygens (including phenoxy) is 2. The molecule has 3 rings (SSSR count). The molecule has 2 aromatic carbocycles. The molecule has 2 aromatic rings. The van der Waals surface area contributed by atoms with Crippen molar-refractivity contribution < 1.29 is 21.8 Å². The van der Waals surface area contributed by atoms with E-state index in [-0.39, 0.29) is 11.7 Å². The van der Waals surface area contributed by atoms with E-state index in [1.165, 1.54) is 12.1 Å². The van der Waals surface area contributed by atoms with Crippen molar-refractivity contribution in [3.05, 3.63) is 42.5 Å². The predicted molar refractivity (Wildman–Crippen MR) is 66.3 cm³/mol. The minimum atomic E-state index is -4.66. The summed E-state index contributed by atoms with van der Waals surface area (Å²) in [5.74, 6) is 1.31. The summed E-state index contributed by atoms with van der Waals surface area (Å²) in [6, 6.07) is 10.9. The monoisotopic (exact) mass is 280 g/mol. The molecule has 19 heavy (non-hydrogen) atoms. The lowest BCUT2D eigenvalue weighted by atomic mass is 10.1. The molecule has 0 radical (unpaired) electrons. The van der Waals surface area contributed by atoms with E-state index in [4.69, 9.17) is 9.47 Å². The topological polar surface area (TPSA) is 52.6 Å². The Bertz CT molecular complexity index is 723. The van der Waals surface area contributed by atoms with Gasteiger partial charge in [0, 0.05) is 0 Å². The van der Waals surface area contributed by atoms with Crippen molar-refractivity contribution in [1.82, 2.24) is 0 Å². The highest BCUT2D eigenvalue weighted by Crippen LogP contribution is 2.36. The van der Waals surface area contributed by atoms with Gasteiger partial charge in [-0.15, -0.1) is 3.89 Å². The predicted octanol–water partition coefficient (Wildman–Crippen LogP) is 2.74. The van der Waals surface area contributed by atoms with Crippen LogP contribution < -0.4 is 9.47 Å². The minimum absolute atomic E-state index is 0.192. The molecule has 0 spiro atoms. The van der Waals surface area contributed by atoms with E-state index in [1.54, 1.807) is 24.3 Å². The van der Waals surface area contributed by atoms with Crippen LogP contribution in [0.15, 0.2) is 47.4 Å². The summed E-state index contributed by atoms with van der Waals surface area (Å²) in [6.45, 7) is 0.192. The van der Waals surface area contributed by atoms with E-state index in [1.807, 2.05) is 6.07 Å². The number of benzene rings is 2. The van der Waals surface area contributed by atoms with Crippen molar-refractivity contribution in [2.45, 2.75) is 4.90 Å². The lowest BCUT2D eigenvalue weighted by Gasteiger charge is -2.04. The number of fused-ring (bicyclic) bond motifs is 1. The van der Waals surface area contributed by atoms with Crippen LogP contribution in [0.3, 0.4) is 0 Å². The van der Waals surface area contributed by atoms with E-state index in [9.17, 15) is 12.3 Å². The van der Waals surface area contributed by atoms with Crippen molar-refractivity contribution in [3.8, 4) is 22.6 Å². The summed E-state index contributed by atoms with van der Waals surface area (Å²) in [5, 5.41) is 0. The van der Waals surface area contributed by atoms with E-state index >= 15 is 0 Å². The maximum Gasteiger partial charge on any atom is 0.332 e. The molecule has 1 aliphatic heterocycles. The SMILES string of the molecule is O=S(=O)(F)c1ccc(-c2ccc3c(c2)OCO3)cc1. The molecule has 0 aliphatic carbocycles. The smallest absolute Gasteiger partial charge is 0.332 e. The van der Waals surface area contributed by atoms with Crippen molar-refractivity contribution in [2.24, 2.45) is 0 Å². The molecule has 98 valence electrons. The Morgan fingerprint density at radius 3 is 2.21 bits per heavy atom. The minimum Gasteiger partial charge on any atom is -0.454 e. The standard InChI is InChI=1S/C13H9FO4S/c14-19(15,16)11-4-1-9(2-5-11)10-3-6-12-13(7-10)18-8-17-12/h1-7H,8H2. The molecule has 0 atom stereocenters. The molecule has 1 aliphatic rings. The Hall–Kier alpha value is -2.08. The van der Waals surface area contributed by atoms with Gasteiger partial charge in [0.2, 0.25) is 6.79 Å². The number of rotatable bonds is 2. The zero-order valence-corrected chi connectivity index (χ0v) is 10.5. The van der Waals surface area contributed by atoms with Gasteiger partial charge in [-0.05, 0) is 35.4 Å². The third-order valence-corrected chi connectivity index (χ3v) is 3.68. The number of hydrogen-bond donors (Lipinski definition) is 0. The molecule has 0 saturated carbocycles. The first kappa shape index (κ1) is 12.0. The number of halogens is 1. The molecule has 0 saturated heterocycles. The zero-order valence-electron chi connectivity index (χ0n) is 9.67. The summed E-state index contributed by atoms with van der Waals surface area (Å²) in [6.07, 6.45) is 0. The summed E-state index contributed by atoms with van der Waals surface area (Å²) >= 11 is 0. The molecule has 4 nitrogen and oxygen atoms in total. The van der Waals surface area contributed by atoms with E-state index < -0.39 is 10.2 Å². The van der Waals surface area contributed by atoms with Crippen LogP contribution in [0.1, 0.15) is 0 Å². The lowest BCUT2D eigenvalue weighted by molar-refractivity contribution is 0.174. The van der Waals surface area contributed by atoms with Gasteiger partial charge < -0.3 is 9.47 Å². The third kappa shape index (κ3) is 2.26. The van der Waals surface area contributed by atoms with Gasteiger partial charge in [-0.2, -0.15) is 8.42 Å². The Labute approximate surface area is 109 Å². The zero-order chi connectivity index (χ0) is 13.5. The second-order valence-corrected chi connectivity index (χ2v) is 5.38. The largest absolute Gasteiger partial charge is 0.454 e. The molecular weight excluding hydrogens is 271 g/mol. The summed E-state index contributed by atoms with van der Waals surface area (Å²) in [4.78, 5) is -0.350. The fraction of sp³-hybridized carbons (Fsp3) is 0.0769. The van der Waals surface area contributed by atoms with Crippen LogP contribution in [0.5, 0.6) is 11.5 Å². The van der Waals surface area contributed by atoms with Gasteiger partial charge in [-0.1, -0.05) is 18.2 Å². The first-order chi connectivity index (χ1) is 9.04. The Balaban J connectivity index is 1.99. The molecule has 0 fully saturated rings. The van der Waals surface area contributed by atoms with Crippen molar-refractivity contribution in [2.75, 3.05) is 6.79 Å². The molecule has 1 heterocycles.